The van der Waals surface area contributed by atoms with Crippen LogP contribution < -0.4 is 20.9 Å². The van der Waals surface area contributed by atoms with E-state index in [1.54, 1.807) is 49.5 Å². The van der Waals surface area contributed by atoms with E-state index in [-0.39, 0.29) is 11.6 Å². The van der Waals surface area contributed by atoms with Crippen molar-refractivity contribution in [2.45, 2.75) is 0 Å². The number of hydrogen-bond donors (Lipinski definition) is 2. The summed E-state index contributed by atoms with van der Waals surface area (Å²) in [6, 6.07) is 26.6. The highest BCUT2D eigenvalue weighted by molar-refractivity contribution is 5.99. The summed E-state index contributed by atoms with van der Waals surface area (Å²) in [7, 11) is 1.60. The van der Waals surface area contributed by atoms with Crippen molar-refractivity contribution in [3.05, 3.63) is 101 Å². The molecule has 0 saturated heterocycles. The number of anilines is 2. The minimum atomic E-state index is -0.357. The summed E-state index contributed by atoms with van der Waals surface area (Å²) in [5.41, 5.74) is 2.63. The van der Waals surface area contributed by atoms with E-state index in [2.05, 4.69) is 15.7 Å². The third-order valence-corrected chi connectivity index (χ3v) is 4.49. The number of carbonyl (C=O) groups is 1. The molecule has 0 aliphatic heterocycles. The van der Waals surface area contributed by atoms with Crippen molar-refractivity contribution >= 4 is 17.4 Å². The van der Waals surface area contributed by atoms with Crippen molar-refractivity contribution in [1.82, 2.24) is 9.78 Å². The Balaban J connectivity index is 1.35. The molecule has 3 aromatic carbocycles. The van der Waals surface area contributed by atoms with Gasteiger partial charge in [0.2, 0.25) is 0 Å². The second kappa shape index (κ2) is 8.96. The number of benzene rings is 3. The zero-order chi connectivity index (χ0) is 21.6. The number of nitrogens with zero attached hydrogens (tertiary/aromatic N) is 2. The minimum Gasteiger partial charge on any atom is -0.457 e. The monoisotopic (exact) mass is 412 g/mol. The molecule has 1 aromatic heterocycles. The molecule has 154 valence electrons. The number of carbonyl (C=O) groups excluding carboxylic acids is 1. The highest BCUT2D eigenvalue weighted by Gasteiger charge is 2.06. The van der Waals surface area contributed by atoms with Gasteiger partial charge in [-0.3, -0.25) is 4.79 Å². The number of amides is 2. The van der Waals surface area contributed by atoms with Crippen molar-refractivity contribution in [2.24, 2.45) is 7.05 Å². The second-order valence-electron chi connectivity index (χ2n) is 6.78. The van der Waals surface area contributed by atoms with Gasteiger partial charge in [-0.1, -0.05) is 30.3 Å². The molecule has 0 unspecified atom stereocenters. The lowest BCUT2D eigenvalue weighted by Gasteiger charge is -2.10. The first-order chi connectivity index (χ1) is 15.1. The van der Waals surface area contributed by atoms with Crippen LogP contribution in [0, 0.1) is 0 Å². The fourth-order valence-corrected chi connectivity index (χ4v) is 2.90. The first kappa shape index (κ1) is 19.9. The van der Waals surface area contributed by atoms with E-state index < -0.39 is 0 Å². The van der Waals surface area contributed by atoms with Crippen LogP contribution >= 0.6 is 0 Å². The summed E-state index contributed by atoms with van der Waals surface area (Å²) in [4.78, 5) is 23.8. The molecule has 0 radical (unpaired) electrons. The molecule has 0 aliphatic carbocycles. The van der Waals surface area contributed by atoms with Crippen LogP contribution in [0.25, 0.3) is 11.3 Å². The Kier molecular flexibility index (Phi) is 5.75. The van der Waals surface area contributed by atoms with Gasteiger partial charge in [0.25, 0.3) is 5.56 Å². The van der Waals surface area contributed by atoms with E-state index in [0.717, 1.165) is 11.3 Å². The van der Waals surface area contributed by atoms with Crippen molar-refractivity contribution < 1.29 is 9.53 Å². The smallest absolute Gasteiger partial charge is 0.323 e. The molecule has 0 saturated carbocycles. The summed E-state index contributed by atoms with van der Waals surface area (Å²) < 4.78 is 7.03. The Bertz CT molecular complexity index is 1230. The van der Waals surface area contributed by atoms with Crippen molar-refractivity contribution in [2.75, 3.05) is 10.6 Å². The van der Waals surface area contributed by atoms with Gasteiger partial charge < -0.3 is 15.4 Å². The van der Waals surface area contributed by atoms with Crippen LogP contribution in [0.4, 0.5) is 16.2 Å². The largest absolute Gasteiger partial charge is 0.457 e. The molecule has 0 bridgehead atoms. The number of aryl methyl sites for hydroxylation is 1. The van der Waals surface area contributed by atoms with Gasteiger partial charge in [-0.2, -0.15) is 5.10 Å². The number of rotatable bonds is 5. The highest BCUT2D eigenvalue weighted by atomic mass is 16.5. The van der Waals surface area contributed by atoms with Crippen LogP contribution in [0.2, 0.25) is 0 Å². The SMILES string of the molecule is Cn1nc(-c2ccc(NC(=O)Nc3ccc(Oc4ccccc4)cc3)cc2)ccc1=O. The van der Waals surface area contributed by atoms with Crippen LogP contribution in [0.3, 0.4) is 0 Å². The lowest BCUT2D eigenvalue weighted by Crippen LogP contribution is -2.19. The summed E-state index contributed by atoms with van der Waals surface area (Å²) in [5, 5.41) is 9.79. The molecular weight excluding hydrogens is 392 g/mol. The van der Waals surface area contributed by atoms with Crippen molar-refractivity contribution in [3.8, 4) is 22.8 Å². The average molecular weight is 412 g/mol. The number of para-hydroxylation sites is 1. The van der Waals surface area contributed by atoms with Gasteiger partial charge in [0.1, 0.15) is 11.5 Å². The van der Waals surface area contributed by atoms with Crippen LogP contribution in [0.5, 0.6) is 11.5 Å². The second-order valence-corrected chi connectivity index (χ2v) is 6.78. The van der Waals surface area contributed by atoms with Crippen molar-refractivity contribution in [1.29, 1.82) is 0 Å². The fraction of sp³-hybridized carbons (Fsp3) is 0.0417. The highest BCUT2D eigenvalue weighted by Crippen LogP contribution is 2.23. The number of urea groups is 1. The Hall–Kier alpha value is -4.39. The van der Waals surface area contributed by atoms with E-state index in [9.17, 15) is 9.59 Å². The first-order valence-electron chi connectivity index (χ1n) is 9.63. The standard InChI is InChI=1S/C24H20N4O3/c1-28-23(29)16-15-22(27-28)17-7-9-18(10-8-17)25-24(30)26-19-11-13-21(14-12-19)31-20-5-3-2-4-6-20/h2-16H,1H3,(H2,25,26,30). The van der Waals surface area contributed by atoms with E-state index in [0.29, 0.717) is 22.8 Å². The van der Waals surface area contributed by atoms with Crippen LogP contribution in [-0.4, -0.2) is 15.8 Å². The van der Waals surface area contributed by atoms with Crippen LogP contribution in [-0.2, 0) is 7.05 Å². The Morgan fingerprint density at radius 2 is 1.35 bits per heavy atom. The maximum Gasteiger partial charge on any atom is 0.323 e. The predicted octanol–water partition coefficient (Wildman–Crippen LogP) is 4.88. The summed E-state index contributed by atoms with van der Waals surface area (Å²) >= 11 is 0. The third-order valence-electron chi connectivity index (χ3n) is 4.49. The average Bonchev–Trinajstić information content (AvgIpc) is 2.78. The Morgan fingerprint density at radius 3 is 1.97 bits per heavy atom. The van der Waals surface area contributed by atoms with Gasteiger partial charge in [-0.05, 0) is 54.6 Å². The van der Waals surface area contributed by atoms with E-state index in [1.807, 2.05) is 42.5 Å². The molecule has 7 nitrogen and oxygen atoms in total. The molecule has 0 aliphatic rings. The lowest BCUT2D eigenvalue weighted by molar-refractivity contribution is 0.262. The molecule has 1 heterocycles. The lowest BCUT2D eigenvalue weighted by atomic mass is 10.1. The number of nitrogens with one attached hydrogen (secondary N) is 2. The molecule has 0 atom stereocenters. The maximum absolute atomic E-state index is 12.3. The van der Waals surface area contributed by atoms with Gasteiger partial charge in [-0.15, -0.1) is 0 Å². The summed E-state index contributed by atoms with van der Waals surface area (Å²) in [6.45, 7) is 0. The molecular formula is C24H20N4O3. The fourth-order valence-electron chi connectivity index (χ4n) is 2.90. The summed E-state index contributed by atoms with van der Waals surface area (Å²) in [6.07, 6.45) is 0. The normalized spacial score (nSPS) is 10.4. The van der Waals surface area contributed by atoms with Crippen LogP contribution in [0.15, 0.2) is 95.8 Å². The van der Waals surface area contributed by atoms with Gasteiger partial charge >= 0.3 is 6.03 Å². The predicted molar refractivity (Wildman–Crippen MR) is 121 cm³/mol. The number of hydrogen-bond acceptors (Lipinski definition) is 4. The zero-order valence-corrected chi connectivity index (χ0v) is 16.8. The van der Waals surface area contributed by atoms with E-state index in [1.165, 1.54) is 10.7 Å². The minimum absolute atomic E-state index is 0.168. The third kappa shape index (κ3) is 5.16. The van der Waals surface area contributed by atoms with Gasteiger partial charge in [0.05, 0.1) is 5.69 Å². The molecule has 0 spiro atoms. The van der Waals surface area contributed by atoms with Gasteiger partial charge in [0, 0.05) is 30.1 Å². The van der Waals surface area contributed by atoms with E-state index >= 15 is 0 Å². The molecule has 4 aromatic rings. The maximum atomic E-state index is 12.3. The summed E-state index contributed by atoms with van der Waals surface area (Å²) in [5.74, 6) is 1.43. The molecule has 2 N–H and O–H groups in total. The zero-order valence-electron chi connectivity index (χ0n) is 16.8. The molecule has 2 amide bonds. The van der Waals surface area contributed by atoms with Gasteiger partial charge in [-0.25, -0.2) is 9.48 Å². The topological polar surface area (TPSA) is 85.2 Å². The molecule has 31 heavy (non-hydrogen) atoms. The van der Waals surface area contributed by atoms with Gasteiger partial charge in [0.15, 0.2) is 0 Å². The molecule has 7 heteroatoms. The molecule has 0 fully saturated rings. The Labute approximate surface area is 178 Å². The van der Waals surface area contributed by atoms with E-state index in [4.69, 9.17) is 4.74 Å². The number of aromatic nitrogens is 2. The first-order valence-corrected chi connectivity index (χ1v) is 9.63. The number of ether oxygens (including phenoxy) is 1. The van der Waals surface area contributed by atoms with Crippen molar-refractivity contribution in [3.63, 3.8) is 0 Å². The van der Waals surface area contributed by atoms with Crippen LogP contribution in [0.1, 0.15) is 0 Å². The Morgan fingerprint density at radius 1 is 0.774 bits per heavy atom. The quantitative estimate of drug-likeness (QED) is 0.489. The molecule has 4 rings (SSSR count).